The number of para-hydroxylation sites is 1. The van der Waals surface area contributed by atoms with Crippen LogP contribution in [0.1, 0.15) is 31.4 Å². The van der Waals surface area contributed by atoms with Gasteiger partial charge in [-0.1, -0.05) is 30.0 Å². The fourth-order valence-electron chi connectivity index (χ4n) is 2.48. The Labute approximate surface area is 123 Å². The van der Waals surface area contributed by atoms with Crippen LogP contribution >= 0.6 is 11.8 Å². The number of benzene rings is 1. The summed E-state index contributed by atoms with van der Waals surface area (Å²) < 4.78 is 0. The van der Waals surface area contributed by atoms with Crippen molar-refractivity contribution in [1.29, 1.82) is 0 Å². The van der Waals surface area contributed by atoms with Crippen molar-refractivity contribution in [2.45, 2.75) is 32.0 Å². The summed E-state index contributed by atoms with van der Waals surface area (Å²) in [6.45, 7) is 3.44. The Bertz CT molecular complexity index is 460. The van der Waals surface area contributed by atoms with Crippen molar-refractivity contribution in [2.75, 3.05) is 23.7 Å². The highest BCUT2D eigenvalue weighted by Crippen LogP contribution is 2.31. The van der Waals surface area contributed by atoms with E-state index in [4.69, 9.17) is 0 Å². The summed E-state index contributed by atoms with van der Waals surface area (Å²) in [6, 6.07) is 7.64. The number of carbonyl (C=O) groups is 1. The molecule has 0 spiro atoms. The maximum absolute atomic E-state index is 10.9. The second-order valence-electron chi connectivity index (χ2n) is 5.07. The van der Waals surface area contributed by atoms with Gasteiger partial charge in [0.05, 0.1) is 6.10 Å². The van der Waals surface area contributed by atoms with Crippen molar-refractivity contribution < 1.29 is 15.0 Å². The molecule has 110 valence electrons. The van der Waals surface area contributed by atoms with Crippen LogP contribution in [0.15, 0.2) is 24.3 Å². The number of carbonyl (C=O) groups excluding carboxylic acids is 1. The number of aliphatic hydroxyl groups is 2. The summed E-state index contributed by atoms with van der Waals surface area (Å²) in [5, 5.41) is 20.3. The van der Waals surface area contributed by atoms with E-state index in [-0.39, 0.29) is 10.9 Å². The summed E-state index contributed by atoms with van der Waals surface area (Å²) >= 11 is 1.04. The van der Waals surface area contributed by atoms with Crippen molar-refractivity contribution >= 4 is 22.6 Å². The molecule has 0 saturated carbocycles. The third-order valence-electron chi connectivity index (χ3n) is 3.52. The Morgan fingerprint density at radius 1 is 1.30 bits per heavy atom. The van der Waals surface area contributed by atoms with E-state index in [0.29, 0.717) is 0 Å². The van der Waals surface area contributed by atoms with E-state index >= 15 is 0 Å². The van der Waals surface area contributed by atoms with Crippen LogP contribution in [0.5, 0.6) is 0 Å². The molecular weight excluding hydrogens is 274 g/mol. The minimum atomic E-state index is -0.960. The summed E-state index contributed by atoms with van der Waals surface area (Å²) in [5.41, 5.74) is 1.73. The van der Waals surface area contributed by atoms with Crippen LogP contribution in [0.2, 0.25) is 0 Å². The van der Waals surface area contributed by atoms with Crippen LogP contribution in [0.4, 0.5) is 5.69 Å². The van der Waals surface area contributed by atoms with Gasteiger partial charge in [-0.3, -0.25) is 4.79 Å². The number of aliphatic hydroxyl groups excluding tert-OH is 2. The number of nitrogens with zero attached hydrogens (tertiary/aromatic N) is 1. The van der Waals surface area contributed by atoms with E-state index < -0.39 is 12.2 Å². The van der Waals surface area contributed by atoms with Gasteiger partial charge in [0.2, 0.25) is 0 Å². The van der Waals surface area contributed by atoms with Crippen LogP contribution in [0, 0.1) is 0 Å². The lowest BCUT2D eigenvalue weighted by atomic mass is 10.0. The molecule has 1 saturated heterocycles. The lowest BCUT2D eigenvalue weighted by Gasteiger charge is -2.25. The molecule has 2 unspecified atom stereocenters. The molecule has 1 heterocycles. The van der Waals surface area contributed by atoms with Crippen LogP contribution in [-0.2, 0) is 4.79 Å². The number of hydrogen-bond acceptors (Lipinski definition) is 5. The molecule has 1 aromatic rings. The van der Waals surface area contributed by atoms with Crippen LogP contribution in [-0.4, -0.2) is 40.3 Å². The predicted octanol–water partition coefficient (Wildman–Crippen LogP) is 1.96. The van der Waals surface area contributed by atoms with Crippen LogP contribution in [0.3, 0.4) is 0 Å². The lowest BCUT2D eigenvalue weighted by molar-refractivity contribution is -0.109. The van der Waals surface area contributed by atoms with Crippen LogP contribution < -0.4 is 4.90 Å². The number of rotatable bonds is 5. The van der Waals surface area contributed by atoms with E-state index in [1.807, 2.05) is 24.3 Å². The van der Waals surface area contributed by atoms with Gasteiger partial charge in [0.15, 0.2) is 5.12 Å². The molecule has 2 N–H and O–H groups in total. The zero-order chi connectivity index (χ0) is 14.5. The molecule has 1 aromatic carbocycles. The second-order valence-corrected chi connectivity index (χ2v) is 6.26. The molecule has 0 bridgehead atoms. The van der Waals surface area contributed by atoms with E-state index in [2.05, 4.69) is 4.90 Å². The summed E-state index contributed by atoms with van der Waals surface area (Å²) in [7, 11) is 0. The molecule has 2 atom stereocenters. The van der Waals surface area contributed by atoms with Crippen molar-refractivity contribution in [2.24, 2.45) is 0 Å². The SMILES string of the molecule is CC(=O)SCC(O)C(O)c1ccccc1N1CCCC1. The third-order valence-corrected chi connectivity index (χ3v) is 4.44. The van der Waals surface area contributed by atoms with Gasteiger partial charge in [-0.2, -0.15) is 0 Å². The molecule has 1 aliphatic heterocycles. The molecule has 5 heteroatoms. The van der Waals surface area contributed by atoms with Crippen molar-refractivity contribution in [1.82, 2.24) is 0 Å². The average molecular weight is 295 g/mol. The highest BCUT2D eigenvalue weighted by atomic mass is 32.2. The minimum absolute atomic E-state index is 0.0518. The third kappa shape index (κ3) is 3.75. The first-order valence-electron chi connectivity index (χ1n) is 6.93. The number of anilines is 1. The van der Waals surface area contributed by atoms with Gasteiger partial charge in [0.1, 0.15) is 6.10 Å². The van der Waals surface area contributed by atoms with Crippen LogP contribution in [0.25, 0.3) is 0 Å². The van der Waals surface area contributed by atoms with Gasteiger partial charge < -0.3 is 15.1 Å². The Balaban J connectivity index is 2.12. The van der Waals surface area contributed by atoms with Gasteiger partial charge in [-0.15, -0.1) is 0 Å². The first kappa shape index (κ1) is 15.4. The molecule has 0 radical (unpaired) electrons. The predicted molar refractivity (Wildman–Crippen MR) is 82.0 cm³/mol. The highest BCUT2D eigenvalue weighted by Gasteiger charge is 2.24. The van der Waals surface area contributed by atoms with Crippen molar-refractivity contribution in [3.63, 3.8) is 0 Å². The van der Waals surface area contributed by atoms with E-state index in [1.165, 1.54) is 6.92 Å². The van der Waals surface area contributed by atoms with Gasteiger partial charge >= 0.3 is 0 Å². The smallest absolute Gasteiger partial charge is 0.185 e. The van der Waals surface area contributed by atoms with Crippen molar-refractivity contribution in [3.05, 3.63) is 29.8 Å². The molecule has 0 aromatic heterocycles. The van der Waals surface area contributed by atoms with E-state index in [1.54, 1.807) is 0 Å². The molecule has 0 aliphatic carbocycles. The van der Waals surface area contributed by atoms with Crippen molar-refractivity contribution in [3.8, 4) is 0 Å². The standard InChI is InChI=1S/C15H21NO3S/c1-11(17)20-10-14(18)15(19)12-6-2-3-7-13(12)16-8-4-5-9-16/h2-3,6-7,14-15,18-19H,4-5,8-10H2,1H3. The summed E-state index contributed by atoms with van der Waals surface area (Å²) in [6.07, 6.45) is 0.423. The maximum Gasteiger partial charge on any atom is 0.185 e. The molecule has 4 nitrogen and oxygen atoms in total. The fourth-order valence-corrected chi connectivity index (χ4v) is 3.07. The zero-order valence-electron chi connectivity index (χ0n) is 11.7. The Hall–Kier alpha value is -1.04. The second kappa shape index (κ2) is 7.11. The minimum Gasteiger partial charge on any atom is -0.389 e. The largest absolute Gasteiger partial charge is 0.389 e. The molecule has 0 amide bonds. The number of hydrogen-bond donors (Lipinski definition) is 2. The molecule has 1 aliphatic rings. The molecule has 2 rings (SSSR count). The first-order chi connectivity index (χ1) is 9.59. The Morgan fingerprint density at radius 3 is 2.60 bits per heavy atom. The molecule has 1 fully saturated rings. The van der Waals surface area contributed by atoms with Gasteiger partial charge in [-0.05, 0) is 18.9 Å². The zero-order valence-corrected chi connectivity index (χ0v) is 12.5. The Morgan fingerprint density at radius 2 is 1.95 bits per heavy atom. The van der Waals surface area contributed by atoms with Gasteiger partial charge in [0.25, 0.3) is 0 Å². The first-order valence-corrected chi connectivity index (χ1v) is 7.91. The molecular formula is C15H21NO3S. The van der Waals surface area contributed by atoms with E-state index in [0.717, 1.165) is 48.9 Å². The van der Waals surface area contributed by atoms with Gasteiger partial charge in [0, 0.05) is 37.0 Å². The fraction of sp³-hybridized carbons (Fsp3) is 0.533. The molecule has 20 heavy (non-hydrogen) atoms. The Kier molecular flexibility index (Phi) is 5.46. The number of thioether (sulfide) groups is 1. The maximum atomic E-state index is 10.9. The van der Waals surface area contributed by atoms with E-state index in [9.17, 15) is 15.0 Å². The highest BCUT2D eigenvalue weighted by molar-refractivity contribution is 8.13. The normalized spacial score (nSPS) is 18.1. The lowest BCUT2D eigenvalue weighted by Crippen LogP contribution is -2.25. The topological polar surface area (TPSA) is 60.8 Å². The summed E-state index contributed by atoms with van der Waals surface area (Å²) in [4.78, 5) is 13.2. The monoisotopic (exact) mass is 295 g/mol. The average Bonchev–Trinajstić information content (AvgIpc) is 2.98. The quantitative estimate of drug-likeness (QED) is 0.869. The summed E-state index contributed by atoms with van der Waals surface area (Å²) in [5.74, 6) is 0.213. The van der Waals surface area contributed by atoms with Gasteiger partial charge in [-0.25, -0.2) is 0 Å².